The summed E-state index contributed by atoms with van der Waals surface area (Å²) in [5.41, 5.74) is 2.01. The Hall–Kier alpha value is -1.92. The van der Waals surface area contributed by atoms with Crippen LogP contribution in [0.1, 0.15) is 24.8 Å². The monoisotopic (exact) mass is 371 g/mol. The zero-order valence-corrected chi connectivity index (χ0v) is 16.2. The fourth-order valence-electron chi connectivity index (χ4n) is 4.91. The van der Waals surface area contributed by atoms with Crippen molar-refractivity contribution in [2.24, 2.45) is 5.41 Å². The summed E-state index contributed by atoms with van der Waals surface area (Å²) in [6.07, 6.45) is 3.77. The van der Waals surface area contributed by atoms with Gasteiger partial charge in [0, 0.05) is 39.0 Å². The fourth-order valence-corrected chi connectivity index (χ4v) is 4.91. The zero-order chi connectivity index (χ0) is 18.9. The maximum absolute atomic E-state index is 13.1. The molecule has 1 unspecified atom stereocenters. The van der Waals surface area contributed by atoms with Crippen LogP contribution in [0.5, 0.6) is 0 Å². The number of rotatable bonds is 5. The molecule has 6 heteroatoms. The van der Waals surface area contributed by atoms with Gasteiger partial charge in [0.1, 0.15) is 0 Å². The van der Waals surface area contributed by atoms with Gasteiger partial charge in [-0.05, 0) is 43.9 Å². The number of hydrogen-bond donors (Lipinski definition) is 0. The summed E-state index contributed by atoms with van der Waals surface area (Å²) in [7, 11) is 1.67. The number of carbonyl (C=O) groups is 2. The van der Waals surface area contributed by atoms with E-state index in [1.165, 1.54) is 5.56 Å². The standard InChI is InChI=1S/C21H29N3O3/c1-27-14-13-23-10-4-8-21(20(23)26)9-12-22(16-21)15-19(25)24-11-7-17-5-2-3-6-18(17)24/h2-3,5-6H,4,7-16H2,1H3. The minimum absolute atomic E-state index is 0.150. The summed E-state index contributed by atoms with van der Waals surface area (Å²) < 4.78 is 5.15. The van der Waals surface area contributed by atoms with Gasteiger partial charge in [-0.3, -0.25) is 14.5 Å². The Morgan fingerprint density at radius 2 is 2.04 bits per heavy atom. The van der Waals surface area contributed by atoms with Gasteiger partial charge in [-0.25, -0.2) is 0 Å². The molecule has 4 rings (SSSR count). The van der Waals surface area contributed by atoms with Crippen molar-refractivity contribution in [3.63, 3.8) is 0 Å². The molecule has 0 bridgehead atoms. The first-order chi connectivity index (χ1) is 13.1. The highest BCUT2D eigenvalue weighted by molar-refractivity contribution is 5.97. The van der Waals surface area contributed by atoms with Crippen LogP contribution in [0.15, 0.2) is 24.3 Å². The summed E-state index contributed by atoms with van der Waals surface area (Å²) in [5.74, 6) is 0.406. The molecule has 0 saturated carbocycles. The summed E-state index contributed by atoms with van der Waals surface area (Å²) in [6.45, 7) is 4.77. The first-order valence-electron chi connectivity index (χ1n) is 10.0. The van der Waals surface area contributed by atoms with Crippen molar-refractivity contribution in [3.05, 3.63) is 29.8 Å². The predicted molar refractivity (Wildman–Crippen MR) is 104 cm³/mol. The molecule has 1 aromatic rings. The molecule has 2 fully saturated rings. The third-order valence-corrected chi connectivity index (χ3v) is 6.37. The molecule has 1 aromatic carbocycles. The highest BCUT2D eigenvalue weighted by Gasteiger charge is 2.48. The first kappa shape index (κ1) is 18.4. The topological polar surface area (TPSA) is 53.1 Å². The zero-order valence-electron chi connectivity index (χ0n) is 16.2. The van der Waals surface area contributed by atoms with E-state index in [-0.39, 0.29) is 17.2 Å². The average Bonchev–Trinajstić information content (AvgIpc) is 3.28. The number of piperidine rings is 1. The van der Waals surface area contributed by atoms with Gasteiger partial charge in [-0.2, -0.15) is 0 Å². The van der Waals surface area contributed by atoms with E-state index < -0.39 is 0 Å². The van der Waals surface area contributed by atoms with Gasteiger partial charge < -0.3 is 14.5 Å². The molecule has 27 heavy (non-hydrogen) atoms. The molecule has 1 atom stereocenters. The van der Waals surface area contributed by atoms with Gasteiger partial charge in [-0.15, -0.1) is 0 Å². The fraction of sp³-hybridized carbons (Fsp3) is 0.619. The molecule has 0 aliphatic carbocycles. The number of benzene rings is 1. The maximum Gasteiger partial charge on any atom is 0.241 e. The lowest BCUT2D eigenvalue weighted by atomic mass is 9.78. The lowest BCUT2D eigenvalue weighted by molar-refractivity contribution is -0.146. The number of amides is 2. The molecule has 6 nitrogen and oxygen atoms in total. The number of likely N-dealkylation sites (tertiary alicyclic amines) is 2. The Labute approximate surface area is 161 Å². The van der Waals surface area contributed by atoms with Crippen LogP contribution < -0.4 is 4.90 Å². The van der Waals surface area contributed by atoms with Gasteiger partial charge in [0.05, 0.1) is 18.6 Å². The van der Waals surface area contributed by atoms with Crippen LogP contribution in [0.25, 0.3) is 0 Å². The van der Waals surface area contributed by atoms with Crippen molar-refractivity contribution in [2.75, 3.05) is 57.9 Å². The summed E-state index contributed by atoms with van der Waals surface area (Å²) in [6, 6.07) is 8.15. The van der Waals surface area contributed by atoms with E-state index in [4.69, 9.17) is 4.74 Å². The second kappa shape index (κ2) is 7.60. The number of methoxy groups -OCH3 is 1. The number of nitrogens with zero attached hydrogens (tertiary/aromatic N) is 3. The number of ether oxygens (including phenoxy) is 1. The van der Waals surface area contributed by atoms with Crippen LogP contribution in [0.3, 0.4) is 0 Å². The molecule has 3 heterocycles. The second-order valence-corrected chi connectivity index (χ2v) is 8.05. The van der Waals surface area contributed by atoms with Crippen LogP contribution in [0, 0.1) is 5.41 Å². The normalized spacial score (nSPS) is 25.4. The molecule has 2 saturated heterocycles. The molecule has 1 spiro atoms. The van der Waals surface area contributed by atoms with Crippen molar-refractivity contribution < 1.29 is 14.3 Å². The van der Waals surface area contributed by atoms with Gasteiger partial charge in [0.15, 0.2) is 0 Å². The first-order valence-corrected chi connectivity index (χ1v) is 10.0. The van der Waals surface area contributed by atoms with E-state index in [9.17, 15) is 9.59 Å². The largest absolute Gasteiger partial charge is 0.383 e. The second-order valence-electron chi connectivity index (χ2n) is 8.05. The number of para-hydroxylation sites is 1. The number of fused-ring (bicyclic) bond motifs is 1. The van der Waals surface area contributed by atoms with Crippen molar-refractivity contribution in [1.29, 1.82) is 0 Å². The molecule has 0 aromatic heterocycles. The van der Waals surface area contributed by atoms with Gasteiger partial charge in [-0.1, -0.05) is 18.2 Å². The van der Waals surface area contributed by atoms with Crippen LogP contribution in [-0.4, -0.2) is 74.6 Å². The van der Waals surface area contributed by atoms with Crippen molar-refractivity contribution in [1.82, 2.24) is 9.80 Å². The summed E-state index contributed by atoms with van der Waals surface area (Å²) >= 11 is 0. The Kier molecular flexibility index (Phi) is 5.19. The Morgan fingerprint density at radius 3 is 2.89 bits per heavy atom. The quantitative estimate of drug-likeness (QED) is 0.788. The van der Waals surface area contributed by atoms with Crippen molar-refractivity contribution >= 4 is 17.5 Å². The molecule has 146 valence electrons. The molecule has 3 aliphatic rings. The molecular weight excluding hydrogens is 342 g/mol. The SMILES string of the molecule is COCCN1CCCC2(CCN(CC(=O)N3CCc4ccccc43)C2)C1=O. The minimum Gasteiger partial charge on any atom is -0.383 e. The Balaban J connectivity index is 1.38. The van der Waals surface area contributed by atoms with Crippen molar-refractivity contribution in [3.8, 4) is 0 Å². The van der Waals surface area contributed by atoms with Crippen LogP contribution >= 0.6 is 0 Å². The lowest BCUT2D eigenvalue weighted by Gasteiger charge is -2.39. The van der Waals surface area contributed by atoms with Gasteiger partial charge >= 0.3 is 0 Å². The smallest absolute Gasteiger partial charge is 0.241 e. The summed E-state index contributed by atoms with van der Waals surface area (Å²) in [4.78, 5) is 32.0. The third-order valence-electron chi connectivity index (χ3n) is 6.37. The van der Waals surface area contributed by atoms with Crippen molar-refractivity contribution in [2.45, 2.75) is 25.7 Å². The molecule has 2 amide bonds. The highest BCUT2D eigenvalue weighted by atomic mass is 16.5. The minimum atomic E-state index is -0.296. The molecule has 3 aliphatic heterocycles. The van der Waals surface area contributed by atoms with E-state index in [1.54, 1.807) is 7.11 Å². The number of anilines is 1. The van der Waals surface area contributed by atoms with E-state index in [1.807, 2.05) is 28.0 Å². The highest BCUT2D eigenvalue weighted by Crippen LogP contribution is 2.40. The molecular formula is C21H29N3O3. The lowest BCUT2D eigenvalue weighted by Crippen LogP contribution is -2.51. The Bertz CT molecular complexity index is 722. The average molecular weight is 371 g/mol. The van der Waals surface area contributed by atoms with Crippen LogP contribution in [-0.2, 0) is 20.7 Å². The predicted octanol–water partition coefficient (Wildman–Crippen LogP) is 1.54. The number of hydrogen-bond acceptors (Lipinski definition) is 4. The van der Waals surface area contributed by atoms with E-state index in [0.29, 0.717) is 26.2 Å². The van der Waals surface area contributed by atoms with E-state index >= 15 is 0 Å². The Morgan fingerprint density at radius 1 is 1.19 bits per heavy atom. The number of carbonyl (C=O) groups excluding carboxylic acids is 2. The molecule has 0 N–H and O–H groups in total. The van der Waals surface area contributed by atoms with E-state index in [2.05, 4.69) is 11.0 Å². The van der Waals surface area contributed by atoms with Crippen LogP contribution in [0.2, 0.25) is 0 Å². The maximum atomic E-state index is 13.1. The van der Waals surface area contributed by atoms with Gasteiger partial charge in [0.25, 0.3) is 0 Å². The van der Waals surface area contributed by atoms with Crippen LogP contribution in [0.4, 0.5) is 5.69 Å². The third kappa shape index (κ3) is 3.48. The molecule has 0 radical (unpaired) electrons. The summed E-state index contributed by atoms with van der Waals surface area (Å²) in [5, 5.41) is 0. The van der Waals surface area contributed by atoms with E-state index in [0.717, 1.165) is 51.0 Å². The van der Waals surface area contributed by atoms with Gasteiger partial charge in [0.2, 0.25) is 11.8 Å².